The zero-order chi connectivity index (χ0) is 29.4. The molecule has 0 saturated heterocycles. The Morgan fingerprint density at radius 1 is 0.925 bits per heavy atom. The van der Waals surface area contributed by atoms with Gasteiger partial charge < -0.3 is 10.2 Å². The van der Waals surface area contributed by atoms with Gasteiger partial charge in [-0.3, -0.25) is 13.9 Å². The molecule has 0 bridgehead atoms. The number of carbonyl (C=O) groups excluding carboxylic acids is 2. The van der Waals surface area contributed by atoms with Crippen molar-refractivity contribution in [2.75, 3.05) is 10.8 Å². The van der Waals surface area contributed by atoms with Crippen LogP contribution in [-0.4, -0.2) is 43.8 Å². The van der Waals surface area contributed by atoms with Crippen molar-refractivity contribution in [3.8, 4) is 0 Å². The van der Waals surface area contributed by atoms with E-state index in [1.54, 1.807) is 37.3 Å². The van der Waals surface area contributed by atoms with E-state index < -0.39 is 28.5 Å². The number of nitrogens with zero attached hydrogens (tertiary/aromatic N) is 2. The number of amides is 2. The maximum atomic E-state index is 14.1. The lowest BCUT2D eigenvalue weighted by Gasteiger charge is -2.34. The number of carbonyl (C=O) groups is 2. The average Bonchev–Trinajstić information content (AvgIpc) is 2.92. The Kier molecular flexibility index (Phi) is 10.8. The number of halogens is 1. The molecule has 214 valence electrons. The number of hydrogen-bond acceptors (Lipinski definition) is 4. The second-order valence-electron chi connectivity index (χ2n) is 10.0. The lowest BCUT2D eigenvalue weighted by molar-refractivity contribution is -0.140. The minimum Gasteiger partial charge on any atom is -0.352 e. The summed E-state index contributed by atoms with van der Waals surface area (Å²) >= 11 is 6.18. The number of anilines is 1. The molecule has 2 atom stereocenters. The molecule has 0 fully saturated rings. The van der Waals surface area contributed by atoms with E-state index >= 15 is 0 Å². The summed E-state index contributed by atoms with van der Waals surface area (Å²) in [6.45, 7) is 9.02. The predicted octanol–water partition coefficient (Wildman–Crippen LogP) is 5.87. The Morgan fingerprint density at radius 3 is 2.15 bits per heavy atom. The molecular formula is C31H38ClN3O4S. The van der Waals surface area contributed by atoms with Crippen molar-refractivity contribution in [1.82, 2.24) is 10.2 Å². The van der Waals surface area contributed by atoms with Crippen LogP contribution in [0, 0.1) is 13.8 Å². The van der Waals surface area contributed by atoms with Crippen LogP contribution in [0.2, 0.25) is 5.02 Å². The highest BCUT2D eigenvalue weighted by Crippen LogP contribution is 2.29. The molecule has 7 nitrogen and oxygen atoms in total. The van der Waals surface area contributed by atoms with Crippen LogP contribution in [0.25, 0.3) is 0 Å². The molecule has 0 radical (unpaired) electrons. The predicted molar refractivity (Wildman–Crippen MR) is 161 cm³/mol. The molecule has 0 aliphatic heterocycles. The van der Waals surface area contributed by atoms with Gasteiger partial charge in [0.25, 0.3) is 10.0 Å². The fourth-order valence-corrected chi connectivity index (χ4v) is 6.10. The third-order valence-corrected chi connectivity index (χ3v) is 8.91. The summed E-state index contributed by atoms with van der Waals surface area (Å²) in [7, 11) is -4.14. The molecule has 0 aromatic heterocycles. The van der Waals surface area contributed by atoms with Gasteiger partial charge in [-0.1, -0.05) is 73.5 Å². The van der Waals surface area contributed by atoms with Crippen molar-refractivity contribution in [2.24, 2.45) is 0 Å². The third kappa shape index (κ3) is 7.64. The first kappa shape index (κ1) is 31.2. The zero-order valence-corrected chi connectivity index (χ0v) is 25.3. The van der Waals surface area contributed by atoms with Crippen molar-refractivity contribution < 1.29 is 18.0 Å². The maximum absolute atomic E-state index is 14.1. The van der Waals surface area contributed by atoms with E-state index in [-0.39, 0.29) is 23.4 Å². The van der Waals surface area contributed by atoms with E-state index in [0.717, 1.165) is 21.9 Å². The highest BCUT2D eigenvalue weighted by Gasteiger charge is 2.34. The van der Waals surface area contributed by atoms with Crippen LogP contribution in [0.5, 0.6) is 0 Å². The van der Waals surface area contributed by atoms with Crippen LogP contribution >= 0.6 is 11.6 Å². The molecule has 0 saturated carbocycles. The Hall–Kier alpha value is -3.36. The van der Waals surface area contributed by atoms with Crippen LogP contribution in [0.4, 0.5) is 5.69 Å². The fourth-order valence-electron chi connectivity index (χ4n) is 4.39. The molecular weight excluding hydrogens is 546 g/mol. The highest BCUT2D eigenvalue weighted by molar-refractivity contribution is 7.92. The molecule has 3 aromatic carbocycles. The number of benzene rings is 3. The van der Waals surface area contributed by atoms with Crippen molar-refractivity contribution in [3.05, 3.63) is 94.5 Å². The monoisotopic (exact) mass is 583 g/mol. The summed E-state index contributed by atoms with van der Waals surface area (Å²) in [4.78, 5) is 29.0. The molecule has 0 spiro atoms. The zero-order valence-electron chi connectivity index (χ0n) is 23.7. The minimum atomic E-state index is -4.14. The molecule has 0 heterocycles. The van der Waals surface area contributed by atoms with E-state index in [1.165, 1.54) is 17.0 Å². The molecule has 0 aliphatic rings. The molecule has 40 heavy (non-hydrogen) atoms. The fraction of sp³-hybridized carbons (Fsp3) is 0.355. The SMILES string of the molecule is CC[C@@H](C)NC(=O)[C@@H](CC)N(Cc1ccccc1)C(=O)CN(c1ccc(Cl)cc1C)S(=O)(=O)c1ccc(C)cc1. The summed E-state index contributed by atoms with van der Waals surface area (Å²) < 4.78 is 29.1. The van der Waals surface area contributed by atoms with E-state index in [2.05, 4.69) is 5.32 Å². The minimum absolute atomic E-state index is 0.0645. The second kappa shape index (κ2) is 13.8. The van der Waals surface area contributed by atoms with Crippen molar-refractivity contribution in [3.63, 3.8) is 0 Å². The Morgan fingerprint density at radius 2 is 1.57 bits per heavy atom. The van der Waals surface area contributed by atoms with Gasteiger partial charge in [0.1, 0.15) is 12.6 Å². The van der Waals surface area contributed by atoms with E-state index in [4.69, 9.17) is 11.6 Å². The number of aryl methyl sites for hydroxylation is 2. The van der Waals surface area contributed by atoms with Crippen molar-refractivity contribution in [1.29, 1.82) is 0 Å². The number of hydrogen-bond donors (Lipinski definition) is 1. The standard InChI is InChI=1S/C31H38ClN3O4S/c1-6-24(5)33-31(37)28(7-2)34(20-25-11-9-8-10-12-25)30(36)21-35(29-18-15-26(32)19-23(29)4)40(38,39)27-16-13-22(3)14-17-27/h8-19,24,28H,6-7,20-21H2,1-5H3,(H,33,37)/t24-,28-/m1/s1. The summed E-state index contributed by atoms with van der Waals surface area (Å²) in [5, 5.41) is 3.44. The third-order valence-electron chi connectivity index (χ3n) is 6.90. The molecule has 2 amide bonds. The quantitative estimate of drug-likeness (QED) is 0.289. The Labute approximate surface area is 243 Å². The summed E-state index contributed by atoms with van der Waals surface area (Å²) in [6, 6.07) is 19.9. The van der Waals surface area contributed by atoms with E-state index in [1.807, 2.05) is 58.0 Å². The molecule has 0 aliphatic carbocycles. The summed E-state index contributed by atoms with van der Waals surface area (Å²) in [5.74, 6) is -0.753. The van der Waals surface area contributed by atoms with Crippen LogP contribution in [0.15, 0.2) is 77.7 Å². The van der Waals surface area contributed by atoms with Crippen LogP contribution in [0.1, 0.15) is 50.3 Å². The van der Waals surface area contributed by atoms with Gasteiger partial charge in [-0.15, -0.1) is 0 Å². The Balaban J connectivity index is 2.08. The lowest BCUT2D eigenvalue weighted by Crippen LogP contribution is -2.53. The van der Waals surface area contributed by atoms with Gasteiger partial charge in [-0.25, -0.2) is 8.42 Å². The first-order valence-electron chi connectivity index (χ1n) is 13.5. The summed E-state index contributed by atoms with van der Waals surface area (Å²) in [5.41, 5.74) is 2.69. The van der Waals surface area contributed by atoms with Crippen molar-refractivity contribution >= 4 is 39.1 Å². The normalized spacial score (nSPS) is 12.8. The molecule has 3 aromatic rings. The largest absolute Gasteiger partial charge is 0.352 e. The number of rotatable bonds is 12. The van der Waals surface area contributed by atoms with Crippen LogP contribution in [-0.2, 0) is 26.2 Å². The molecule has 0 unspecified atom stereocenters. The van der Waals surface area contributed by atoms with E-state index in [0.29, 0.717) is 22.7 Å². The van der Waals surface area contributed by atoms with Crippen LogP contribution in [0.3, 0.4) is 0 Å². The topological polar surface area (TPSA) is 86.8 Å². The van der Waals surface area contributed by atoms with Gasteiger partial charge in [0.15, 0.2) is 0 Å². The summed E-state index contributed by atoms with van der Waals surface area (Å²) in [6.07, 6.45) is 1.11. The van der Waals surface area contributed by atoms with Gasteiger partial charge in [-0.2, -0.15) is 0 Å². The molecule has 1 N–H and O–H groups in total. The Bertz CT molecular complexity index is 1410. The van der Waals surface area contributed by atoms with Crippen molar-refractivity contribution in [2.45, 2.75) is 71.0 Å². The number of sulfonamides is 1. The first-order valence-corrected chi connectivity index (χ1v) is 15.3. The molecule has 9 heteroatoms. The van der Waals surface area contributed by atoms with Gasteiger partial charge in [0.2, 0.25) is 11.8 Å². The smallest absolute Gasteiger partial charge is 0.264 e. The number of nitrogens with one attached hydrogen (secondary N) is 1. The highest BCUT2D eigenvalue weighted by atomic mass is 35.5. The molecule has 3 rings (SSSR count). The first-order chi connectivity index (χ1) is 19.0. The van der Waals surface area contributed by atoms with Crippen LogP contribution < -0.4 is 9.62 Å². The van der Waals surface area contributed by atoms with E-state index in [9.17, 15) is 18.0 Å². The second-order valence-corrected chi connectivity index (χ2v) is 12.3. The van der Waals surface area contributed by atoms with Gasteiger partial charge in [0.05, 0.1) is 10.6 Å². The average molecular weight is 584 g/mol. The van der Waals surface area contributed by atoms with Gasteiger partial charge >= 0.3 is 0 Å². The maximum Gasteiger partial charge on any atom is 0.264 e. The van der Waals surface area contributed by atoms with Gasteiger partial charge in [0, 0.05) is 17.6 Å². The van der Waals surface area contributed by atoms with Gasteiger partial charge in [-0.05, 0) is 75.1 Å². The lowest BCUT2D eigenvalue weighted by atomic mass is 10.1.